The standard InChI is InChI=1S/C19H17F4NO5/c20-18(21)19(22,23)8-29-17(28)14-11-2-1-10(7-11)13(14)15(25)24-12-5-3-9(4-6-12)16(26)27/h1-6,10-11,13-14,18H,7-8H2,(H,24,25)(H,26,27). The summed E-state index contributed by atoms with van der Waals surface area (Å²) >= 11 is 0. The zero-order valence-corrected chi connectivity index (χ0v) is 14.9. The van der Waals surface area contributed by atoms with Crippen LogP contribution in [0, 0.1) is 23.7 Å². The Hall–Kier alpha value is -2.91. The second kappa shape index (κ2) is 7.84. The van der Waals surface area contributed by atoms with Gasteiger partial charge in [-0.1, -0.05) is 12.2 Å². The lowest BCUT2D eigenvalue weighted by molar-refractivity contribution is -0.184. The minimum absolute atomic E-state index is 0.0206. The van der Waals surface area contributed by atoms with Crippen LogP contribution in [0.1, 0.15) is 16.8 Å². The smallest absolute Gasteiger partial charge is 0.340 e. The molecule has 0 saturated heterocycles. The van der Waals surface area contributed by atoms with E-state index < -0.39 is 54.6 Å². The summed E-state index contributed by atoms with van der Waals surface area (Å²) < 4.78 is 55.1. The highest BCUT2D eigenvalue weighted by Gasteiger charge is 2.53. The van der Waals surface area contributed by atoms with Crippen molar-refractivity contribution in [3.05, 3.63) is 42.0 Å². The number of benzene rings is 1. The number of fused-ring (bicyclic) bond motifs is 2. The molecular weight excluding hydrogens is 398 g/mol. The number of hydrogen-bond donors (Lipinski definition) is 2. The van der Waals surface area contributed by atoms with Crippen LogP contribution in [0.4, 0.5) is 23.2 Å². The van der Waals surface area contributed by atoms with Crippen LogP contribution >= 0.6 is 0 Å². The van der Waals surface area contributed by atoms with Crippen molar-refractivity contribution < 1.29 is 41.8 Å². The van der Waals surface area contributed by atoms with Crippen molar-refractivity contribution in [2.45, 2.75) is 18.8 Å². The molecule has 1 fully saturated rings. The molecule has 2 bridgehead atoms. The molecule has 1 saturated carbocycles. The summed E-state index contributed by atoms with van der Waals surface area (Å²) in [6.45, 7) is -1.76. The Morgan fingerprint density at radius 1 is 1.10 bits per heavy atom. The van der Waals surface area contributed by atoms with Gasteiger partial charge in [0.1, 0.15) is 0 Å². The van der Waals surface area contributed by atoms with Crippen molar-refractivity contribution in [2.75, 3.05) is 11.9 Å². The Balaban J connectivity index is 1.69. The first-order valence-electron chi connectivity index (χ1n) is 8.75. The quantitative estimate of drug-likeness (QED) is 0.405. The van der Waals surface area contributed by atoms with Crippen molar-refractivity contribution in [3.63, 3.8) is 0 Å². The molecule has 4 atom stereocenters. The van der Waals surface area contributed by atoms with Crippen LogP contribution in [0.5, 0.6) is 0 Å². The van der Waals surface area contributed by atoms with E-state index in [1.807, 2.05) is 0 Å². The third-order valence-electron chi connectivity index (χ3n) is 5.16. The van der Waals surface area contributed by atoms with Crippen LogP contribution in [-0.2, 0) is 14.3 Å². The summed E-state index contributed by atoms with van der Waals surface area (Å²) in [5.74, 6) is -9.97. The van der Waals surface area contributed by atoms with Crippen molar-refractivity contribution >= 4 is 23.5 Å². The van der Waals surface area contributed by atoms with Gasteiger partial charge in [-0.3, -0.25) is 9.59 Å². The van der Waals surface area contributed by atoms with Gasteiger partial charge in [0.15, 0.2) is 6.61 Å². The number of aromatic carboxylic acids is 1. The van der Waals surface area contributed by atoms with Gasteiger partial charge in [0.2, 0.25) is 5.91 Å². The van der Waals surface area contributed by atoms with E-state index >= 15 is 0 Å². The van der Waals surface area contributed by atoms with Gasteiger partial charge in [-0.2, -0.15) is 8.78 Å². The maximum absolute atomic E-state index is 13.1. The molecular formula is C19H17F4NO5. The molecule has 1 aromatic rings. The van der Waals surface area contributed by atoms with Gasteiger partial charge >= 0.3 is 24.3 Å². The van der Waals surface area contributed by atoms with Gasteiger partial charge in [0.05, 0.1) is 17.4 Å². The molecule has 29 heavy (non-hydrogen) atoms. The maximum atomic E-state index is 13.1. The van der Waals surface area contributed by atoms with Crippen molar-refractivity contribution in [2.24, 2.45) is 23.7 Å². The molecule has 2 N–H and O–H groups in total. The van der Waals surface area contributed by atoms with Crippen LogP contribution in [-0.4, -0.2) is 41.9 Å². The number of carbonyl (C=O) groups is 3. The normalized spacial score (nSPS) is 25.3. The molecule has 2 aliphatic carbocycles. The molecule has 10 heteroatoms. The fourth-order valence-electron chi connectivity index (χ4n) is 3.75. The van der Waals surface area contributed by atoms with Gasteiger partial charge in [0.25, 0.3) is 0 Å². The molecule has 4 unspecified atom stereocenters. The van der Waals surface area contributed by atoms with E-state index in [4.69, 9.17) is 5.11 Å². The lowest BCUT2D eigenvalue weighted by Crippen LogP contribution is -2.40. The monoisotopic (exact) mass is 415 g/mol. The van der Waals surface area contributed by atoms with Gasteiger partial charge in [-0.15, -0.1) is 0 Å². The van der Waals surface area contributed by atoms with Gasteiger partial charge in [0, 0.05) is 5.69 Å². The van der Waals surface area contributed by atoms with Crippen molar-refractivity contribution in [1.29, 1.82) is 0 Å². The second-order valence-corrected chi connectivity index (χ2v) is 7.04. The van der Waals surface area contributed by atoms with E-state index in [-0.39, 0.29) is 11.5 Å². The van der Waals surface area contributed by atoms with Crippen LogP contribution in [0.25, 0.3) is 0 Å². The third-order valence-corrected chi connectivity index (χ3v) is 5.16. The predicted octanol–water partition coefficient (Wildman–Crippen LogP) is 3.21. The zero-order chi connectivity index (χ0) is 21.3. The Labute approximate surface area is 162 Å². The largest absolute Gasteiger partial charge is 0.478 e. The maximum Gasteiger partial charge on any atom is 0.340 e. The molecule has 0 radical (unpaired) electrons. The van der Waals surface area contributed by atoms with E-state index in [1.165, 1.54) is 24.3 Å². The molecule has 6 nitrogen and oxygen atoms in total. The van der Waals surface area contributed by atoms with Crippen LogP contribution in [0.15, 0.2) is 36.4 Å². The summed E-state index contributed by atoms with van der Waals surface area (Å²) in [6, 6.07) is 5.33. The highest BCUT2D eigenvalue weighted by atomic mass is 19.3. The molecule has 0 aromatic heterocycles. The number of anilines is 1. The van der Waals surface area contributed by atoms with Gasteiger partial charge in [-0.25, -0.2) is 13.6 Å². The first-order chi connectivity index (χ1) is 13.6. The predicted molar refractivity (Wildman–Crippen MR) is 91.7 cm³/mol. The van der Waals surface area contributed by atoms with Gasteiger partial charge < -0.3 is 15.2 Å². The van der Waals surface area contributed by atoms with E-state index in [9.17, 15) is 31.9 Å². The minimum Gasteiger partial charge on any atom is -0.478 e. The van der Waals surface area contributed by atoms with Crippen LogP contribution in [0.2, 0.25) is 0 Å². The fourth-order valence-corrected chi connectivity index (χ4v) is 3.75. The second-order valence-electron chi connectivity index (χ2n) is 7.04. The average Bonchev–Trinajstić information content (AvgIpc) is 3.28. The van der Waals surface area contributed by atoms with E-state index in [0.29, 0.717) is 12.1 Å². The number of nitrogens with one attached hydrogen (secondary N) is 1. The summed E-state index contributed by atoms with van der Waals surface area (Å²) in [6.07, 6.45) is -0.0861. The Morgan fingerprint density at radius 3 is 2.24 bits per heavy atom. The average molecular weight is 415 g/mol. The van der Waals surface area contributed by atoms with Crippen LogP contribution < -0.4 is 5.32 Å². The number of carboxylic acid groups (broad SMARTS) is 1. The highest BCUT2D eigenvalue weighted by molar-refractivity contribution is 5.97. The van der Waals surface area contributed by atoms with E-state index in [1.54, 1.807) is 12.2 Å². The van der Waals surface area contributed by atoms with Crippen molar-refractivity contribution in [3.8, 4) is 0 Å². The number of amides is 1. The number of carbonyl (C=O) groups excluding carboxylic acids is 2. The Morgan fingerprint density at radius 2 is 1.69 bits per heavy atom. The number of rotatable bonds is 7. The van der Waals surface area contributed by atoms with E-state index in [0.717, 1.165) is 0 Å². The fraction of sp³-hybridized carbons (Fsp3) is 0.421. The SMILES string of the molecule is O=C(O)c1ccc(NC(=O)C2C3C=CC(C3)C2C(=O)OCC(F)(F)C(F)F)cc1. The topological polar surface area (TPSA) is 92.7 Å². The molecule has 0 spiro atoms. The summed E-state index contributed by atoms with van der Waals surface area (Å²) in [5.41, 5.74) is 0.315. The molecule has 3 rings (SSSR count). The number of alkyl halides is 4. The number of allylic oxidation sites excluding steroid dienone is 2. The van der Waals surface area contributed by atoms with Crippen LogP contribution in [0.3, 0.4) is 0 Å². The Bertz CT molecular complexity index is 840. The highest BCUT2D eigenvalue weighted by Crippen LogP contribution is 2.49. The number of esters is 1. The summed E-state index contributed by atoms with van der Waals surface area (Å²) in [4.78, 5) is 35.9. The molecule has 0 heterocycles. The van der Waals surface area contributed by atoms with Gasteiger partial charge in [-0.05, 0) is 42.5 Å². The molecule has 0 aliphatic heterocycles. The molecule has 2 aliphatic rings. The molecule has 1 amide bonds. The first kappa shape index (κ1) is 20.8. The Kier molecular flexibility index (Phi) is 5.63. The van der Waals surface area contributed by atoms with E-state index in [2.05, 4.69) is 10.1 Å². The first-order valence-corrected chi connectivity index (χ1v) is 8.75. The number of halogens is 4. The lowest BCUT2D eigenvalue weighted by atomic mass is 9.82. The lowest BCUT2D eigenvalue weighted by Gasteiger charge is -2.26. The summed E-state index contributed by atoms with van der Waals surface area (Å²) in [5, 5.41) is 11.5. The molecule has 1 aromatic carbocycles. The van der Waals surface area contributed by atoms with Crippen molar-refractivity contribution in [1.82, 2.24) is 0 Å². The number of carboxylic acids is 1. The molecule has 156 valence electrons. The number of hydrogen-bond acceptors (Lipinski definition) is 4. The number of ether oxygens (including phenoxy) is 1. The minimum atomic E-state index is -4.47. The summed E-state index contributed by atoms with van der Waals surface area (Å²) in [7, 11) is 0. The zero-order valence-electron chi connectivity index (χ0n) is 14.9. The third kappa shape index (κ3) is 4.25.